The molecule has 0 saturated heterocycles. The Hall–Kier alpha value is 0.679. The molecule has 0 aromatic heterocycles. The molecule has 0 saturated carbocycles. The molecule has 2 aliphatic carbocycles. The van der Waals surface area contributed by atoms with Crippen LogP contribution in [0.2, 0.25) is 8.45 Å². The van der Waals surface area contributed by atoms with E-state index in [9.17, 15) is 0 Å². The second kappa shape index (κ2) is 7.03. The molecule has 0 aliphatic heterocycles. The van der Waals surface area contributed by atoms with Gasteiger partial charge in [-0.1, -0.05) is 0 Å². The van der Waals surface area contributed by atoms with Gasteiger partial charge in [-0.3, -0.25) is 0 Å². The van der Waals surface area contributed by atoms with Crippen molar-refractivity contribution in [2.75, 3.05) is 0 Å². The summed E-state index contributed by atoms with van der Waals surface area (Å²) < 4.78 is 1.60. The minimum absolute atomic E-state index is 0.139. The second-order valence-corrected chi connectivity index (χ2v) is 5.36. The van der Waals surface area contributed by atoms with Gasteiger partial charge in [-0.05, 0) is 0 Å². The number of hydrogen-bond donors (Lipinski definition) is 0. The zero-order chi connectivity index (χ0) is 9.52. The first-order valence-electron chi connectivity index (χ1n) is 4.10. The van der Waals surface area contributed by atoms with Gasteiger partial charge >= 0.3 is 105 Å². The van der Waals surface area contributed by atoms with Crippen LogP contribution in [-0.2, 0) is 38.5 Å². The molecule has 0 amide bonds. The van der Waals surface area contributed by atoms with Crippen LogP contribution in [0.3, 0.4) is 0 Å². The Labute approximate surface area is 104 Å². The van der Waals surface area contributed by atoms with Gasteiger partial charge in [0.15, 0.2) is 0 Å². The maximum atomic E-state index is 4.64. The van der Waals surface area contributed by atoms with E-state index >= 15 is 0 Å². The maximum absolute atomic E-state index is 4.64. The van der Waals surface area contributed by atoms with E-state index in [1.165, 1.54) is 19.4 Å². The van der Waals surface area contributed by atoms with Crippen molar-refractivity contribution in [1.29, 1.82) is 0 Å². The normalized spacial score (nSPS) is 19.1. The van der Waals surface area contributed by atoms with Crippen molar-refractivity contribution in [3.8, 4) is 0 Å². The topological polar surface area (TPSA) is 0 Å². The van der Waals surface area contributed by atoms with Crippen LogP contribution in [0.5, 0.6) is 0 Å². The Morgan fingerprint density at radius 1 is 0.769 bits per heavy atom. The first-order chi connectivity index (χ1) is 6.45. The van der Waals surface area contributed by atoms with Crippen molar-refractivity contribution < 1.29 is 38.5 Å². The van der Waals surface area contributed by atoms with Crippen molar-refractivity contribution in [3.63, 3.8) is 0 Å². The molecule has 0 fully saturated rings. The quantitative estimate of drug-likeness (QED) is 0.666. The Kier molecular flexibility index (Phi) is 6.36. The fourth-order valence-electron chi connectivity index (χ4n) is 1.31. The molecular formula is C10H10ClTi2. The van der Waals surface area contributed by atoms with E-state index in [0.717, 1.165) is 8.45 Å². The summed E-state index contributed by atoms with van der Waals surface area (Å²) in [5.41, 5.74) is 0. The third-order valence-corrected chi connectivity index (χ3v) is 4.29. The molecule has 0 aromatic rings. The average molecular weight is 261 g/mol. The Morgan fingerprint density at radius 3 is 1.38 bits per heavy atom. The molecule has 65 valence electrons. The summed E-state index contributed by atoms with van der Waals surface area (Å²) in [6.07, 6.45) is 17.9. The molecule has 0 aromatic carbocycles. The molecule has 2 rings (SSSR count). The van der Waals surface area contributed by atoms with Crippen LogP contribution in [0.25, 0.3) is 0 Å². The third kappa shape index (κ3) is 4.14. The third-order valence-electron chi connectivity index (χ3n) is 1.88. The van der Waals surface area contributed by atoms with Crippen LogP contribution in [0.1, 0.15) is 0 Å². The molecule has 0 radical (unpaired) electrons. The fraction of sp³-hybridized carbons (Fsp3) is 0.200. The van der Waals surface area contributed by atoms with Gasteiger partial charge in [0.1, 0.15) is 0 Å². The van der Waals surface area contributed by atoms with Crippen LogP contribution in [-0.4, -0.2) is 0 Å². The minimum atomic E-state index is 0.139. The van der Waals surface area contributed by atoms with Gasteiger partial charge in [-0.25, -0.2) is 0 Å². The Balaban J connectivity index is 0.000000396. The fourth-order valence-corrected chi connectivity index (χ4v) is 3.39. The monoisotopic (exact) mass is 261 g/mol. The van der Waals surface area contributed by atoms with Crippen LogP contribution in [0.4, 0.5) is 0 Å². The predicted octanol–water partition coefficient (Wildman–Crippen LogP) is 3.58. The molecule has 0 unspecified atom stereocenters. The molecule has 2 aliphatic rings. The van der Waals surface area contributed by atoms with Crippen molar-refractivity contribution >= 4 is 9.30 Å². The standard InChI is InChI=1S/2C5H5.ClH.2Ti/c2*1-2-4-5-3-1;;;/h2*1-5H;1H;;/q;;;;+1/p-1. The predicted molar refractivity (Wildman–Crippen MR) is 49.9 cm³/mol. The zero-order valence-corrected chi connectivity index (χ0v) is 11.0. The van der Waals surface area contributed by atoms with Gasteiger partial charge in [0, 0.05) is 0 Å². The molecule has 3 heteroatoms. The van der Waals surface area contributed by atoms with Crippen molar-refractivity contribution in [3.05, 3.63) is 48.6 Å². The molecule has 0 bridgehead atoms. The van der Waals surface area contributed by atoms with Crippen LogP contribution >= 0.6 is 9.30 Å². The van der Waals surface area contributed by atoms with E-state index in [4.69, 9.17) is 0 Å². The van der Waals surface area contributed by atoms with E-state index in [1.807, 2.05) is 0 Å². The molecule has 0 nitrogen and oxygen atoms in total. The number of halogens is 1. The molecular weight excluding hydrogens is 251 g/mol. The Morgan fingerprint density at radius 2 is 1.08 bits per heavy atom. The van der Waals surface area contributed by atoms with Crippen LogP contribution in [0.15, 0.2) is 48.6 Å². The van der Waals surface area contributed by atoms with Gasteiger partial charge in [-0.2, -0.15) is 0 Å². The van der Waals surface area contributed by atoms with Gasteiger partial charge in [-0.15, -0.1) is 0 Å². The summed E-state index contributed by atoms with van der Waals surface area (Å²) in [5.74, 6) is 0. The number of rotatable bonds is 2. The van der Waals surface area contributed by atoms with Crippen molar-refractivity contribution in [2.24, 2.45) is 0 Å². The van der Waals surface area contributed by atoms with E-state index in [2.05, 4.69) is 57.9 Å². The molecule has 0 N–H and O–H groups in total. The summed E-state index contributed by atoms with van der Waals surface area (Å²) in [6, 6.07) is 0. The molecule has 0 spiro atoms. The summed E-state index contributed by atoms with van der Waals surface area (Å²) in [5, 5.41) is 0. The van der Waals surface area contributed by atoms with E-state index in [0.29, 0.717) is 0 Å². The average Bonchev–Trinajstić information content (AvgIpc) is 2.81. The summed E-state index contributed by atoms with van der Waals surface area (Å²) in [4.78, 5) is 0. The van der Waals surface area contributed by atoms with Gasteiger partial charge < -0.3 is 0 Å². The van der Waals surface area contributed by atoms with Crippen molar-refractivity contribution in [2.45, 2.75) is 8.45 Å². The van der Waals surface area contributed by atoms with E-state index in [-0.39, 0.29) is 19.2 Å². The number of allylic oxidation sites excluding steroid dienone is 8. The van der Waals surface area contributed by atoms with Crippen LogP contribution in [0, 0.1) is 0 Å². The second-order valence-electron chi connectivity index (χ2n) is 2.76. The van der Waals surface area contributed by atoms with Gasteiger partial charge in [0.05, 0.1) is 0 Å². The first-order valence-corrected chi connectivity index (χ1v) is 8.05. The van der Waals surface area contributed by atoms with Gasteiger partial charge in [0.25, 0.3) is 0 Å². The summed E-state index contributed by atoms with van der Waals surface area (Å²) in [7, 11) is 4.64. The molecule has 13 heavy (non-hydrogen) atoms. The molecule has 0 atom stereocenters. The van der Waals surface area contributed by atoms with E-state index in [1.54, 1.807) is 0 Å². The molecule has 0 heterocycles. The number of hydrogen-bond acceptors (Lipinski definition) is 0. The summed E-state index contributed by atoms with van der Waals surface area (Å²) >= 11 is 1.61. The van der Waals surface area contributed by atoms with Crippen LogP contribution < -0.4 is 0 Å². The SMILES string of the molecule is C1=C[CH]([Ti][CH]2C=CC=C2)C=C1.[Cl][Ti]. The van der Waals surface area contributed by atoms with Gasteiger partial charge in [0.2, 0.25) is 0 Å². The summed E-state index contributed by atoms with van der Waals surface area (Å²) in [6.45, 7) is 0. The zero-order valence-electron chi connectivity index (χ0n) is 7.15. The Bertz CT molecular complexity index is 204. The van der Waals surface area contributed by atoms with E-state index < -0.39 is 0 Å². The van der Waals surface area contributed by atoms with Crippen molar-refractivity contribution in [1.82, 2.24) is 0 Å². The first kappa shape index (κ1) is 11.8.